The predicted octanol–water partition coefficient (Wildman–Crippen LogP) is 2.82. The van der Waals surface area contributed by atoms with E-state index >= 15 is 0 Å². The van der Waals surface area contributed by atoms with Crippen LogP contribution in [0.5, 0.6) is 0 Å². The van der Waals surface area contributed by atoms with Crippen molar-refractivity contribution in [2.45, 2.75) is 45.8 Å². The van der Waals surface area contributed by atoms with E-state index in [9.17, 15) is 4.79 Å². The Kier molecular flexibility index (Phi) is 8.00. The van der Waals surface area contributed by atoms with Crippen LogP contribution in [0.25, 0.3) is 0 Å². The summed E-state index contributed by atoms with van der Waals surface area (Å²) in [6.07, 6.45) is 2.29. The number of hydrogen-bond donors (Lipinski definition) is 0. The molecule has 0 fully saturated rings. The quantitative estimate of drug-likeness (QED) is 0.593. The Labute approximate surface area is 107 Å². The van der Waals surface area contributed by atoms with E-state index < -0.39 is 5.60 Å². The Bertz CT molecular complexity index is 211. The molecule has 0 spiro atoms. The number of carbonyl (C=O) groups is 1. The van der Waals surface area contributed by atoms with Crippen molar-refractivity contribution in [1.29, 1.82) is 0 Å². The van der Waals surface area contributed by atoms with Gasteiger partial charge >= 0.3 is 6.09 Å². The van der Waals surface area contributed by atoms with Gasteiger partial charge in [0.15, 0.2) is 0 Å². The fourth-order valence-corrected chi connectivity index (χ4v) is 0.913. The Hall–Kier alpha value is -0.328. The summed E-state index contributed by atoms with van der Waals surface area (Å²) in [4.78, 5) is 13.1. The Balaban J connectivity index is 0. The summed E-state index contributed by atoms with van der Waals surface area (Å²) in [5.41, 5.74) is -0.431. The van der Waals surface area contributed by atoms with Crippen molar-refractivity contribution in [2.24, 2.45) is 0 Å². The first-order chi connectivity index (χ1) is 6.28. The third-order valence-electron chi connectivity index (χ3n) is 1.85. The van der Waals surface area contributed by atoms with Gasteiger partial charge in [0.05, 0.1) is 0 Å². The van der Waals surface area contributed by atoms with Gasteiger partial charge in [-0.1, -0.05) is 6.08 Å². The molecule has 0 N–H and O–H groups in total. The van der Waals surface area contributed by atoms with Gasteiger partial charge in [-0.15, -0.1) is 6.58 Å². The van der Waals surface area contributed by atoms with Crippen molar-refractivity contribution in [3.63, 3.8) is 0 Å². The number of nitrogens with zero attached hydrogens (tertiary/aromatic N) is 1. The van der Waals surface area contributed by atoms with Crippen molar-refractivity contribution >= 4 is 6.09 Å². The maximum atomic E-state index is 11.5. The van der Waals surface area contributed by atoms with E-state index in [0.717, 1.165) is 6.42 Å². The van der Waals surface area contributed by atoms with Gasteiger partial charge in [-0.05, 0) is 34.1 Å². The van der Waals surface area contributed by atoms with Crippen molar-refractivity contribution in [3.8, 4) is 0 Å². The molecular formula is C11H21NO2Pd. The minimum absolute atomic E-state index is 0. The molecular weight excluding hydrogens is 285 g/mol. The van der Waals surface area contributed by atoms with Crippen molar-refractivity contribution in [2.75, 3.05) is 7.05 Å². The topological polar surface area (TPSA) is 29.5 Å². The molecule has 0 aliphatic carbocycles. The summed E-state index contributed by atoms with van der Waals surface area (Å²) in [5, 5.41) is 0. The average Bonchev–Trinajstić information content (AvgIpc) is 2.00. The first-order valence-electron chi connectivity index (χ1n) is 4.84. The minimum atomic E-state index is -0.431. The number of hydrogen-bond acceptors (Lipinski definition) is 2. The molecule has 1 amide bonds. The molecule has 0 bridgehead atoms. The van der Waals surface area contributed by atoms with E-state index in [1.807, 2.05) is 27.7 Å². The first kappa shape index (κ1) is 17.1. The molecule has 0 aromatic heterocycles. The van der Waals surface area contributed by atoms with Crippen LogP contribution >= 0.6 is 0 Å². The SMILES string of the molecule is C=CCC(C)N(C)C(=O)OC(C)(C)C.[Pd]. The Morgan fingerprint density at radius 2 is 2.00 bits per heavy atom. The molecule has 3 nitrogen and oxygen atoms in total. The third kappa shape index (κ3) is 7.58. The smallest absolute Gasteiger partial charge is 0.410 e. The molecule has 0 saturated heterocycles. The van der Waals surface area contributed by atoms with Crippen LogP contribution in [0.15, 0.2) is 12.7 Å². The van der Waals surface area contributed by atoms with E-state index in [2.05, 4.69) is 6.58 Å². The molecule has 15 heavy (non-hydrogen) atoms. The molecule has 0 aromatic rings. The minimum Gasteiger partial charge on any atom is -0.444 e. The van der Waals surface area contributed by atoms with E-state index in [1.165, 1.54) is 0 Å². The van der Waals surface area contributed by atoms with Gasteiger partial charge in [0, 0.05) is 33.5 Å². The molecule has 1 unspecified atom stereocenters. The number of amides is 1. The largest absolute Gasteiger partial charge is 0.444 e. The second-order valence-corrected chi connectivity index (χ2v) is 4.46. The number of ether oxygens (including phenoxy) is 1. The molecule has 0 aromatic carbocycles. The van der Waals surface area contributed by atoms with Gasteiger partial charge in [-0.3, -0.25) is 0 Å². The molecule has 0 radical (unpaired) electrons. The zero-order valence-electron chi connectivity index (χ0n) is 10.1. The maximum absolute atomic E-state index is 11.5. The molecule has 0 aliphatic rings. The molecule has 0 saturated carbocycles. The fourth-order valence-electron chi connectivity index (χ4n) is 0.913. The van der Waals surface area contributed by atoms with Gasteiger partial charge < -0.3 is 9.64 Å². The molecule has 4 heteroatoms. The van der Waals surface area contributed by atoms with E-state index in [4.69, 9.17) is 4.74 Å². The van der Waals surface area contributed by atoms with Crippen LogP contribution in [0, 0.1) is 0 Å². The van der Waals surface area contributed by atoms with Crippen LogP contribution in [-0.4, -0.2) is 29.7 Å². The van der Waals surface area contributed by atoms with E-state index in [-0.39, 0.29) is 32.6 Å². The van der Waals surface area contributed by atoms with Gasteiger partial charge in [0.1, 0.15) is 5.60 Å². The summed E-state index contributed by atoms with van der Waals surface area (Å²) >= 11 is 0. The number of carbonyl (C=O) groups excluding carboxylic acids is 1. The molecule has 0 heterocycles. The van der Waals surface area contributed by atoms with Crippen LogP contribution in [0.2, 0.25) is 0 Å². The normalized spacial score (nSPS) is 12.3. The molecule has 0 rings (SSSR count). The predicted molar refractivity (Wildman–Crippen MR) is 58.3 cm³/mol. The zero-order chi connectivity index (χ0) is 11.4. The fraction of sp³-hybridized carbons (Fsp3) is 0.727. The maximum Gasteiger partial charge on any atom is 0.410 e. The standard InChI is InChI=1S/C11H21NO2.Pd/c1-7-8-9(2)12(6)10(13)14-11(3,4)5;/h7,9H,1,8H2,2-6H3;. The Morgan fingerprint density at radius 3 is 2.33 bits per heavy atom. The van der Waals surface area contributed by atoms with Crippen LogP contribution in [0.3, 0.4) is 0 Å². The van der Waals surface area contributed by atoms with Crippen LogP contribution in [-0.2, 0) is 25.2 Å². The van der Waals surface area contributed by atoms with Gasteiger partial charge in [-0.2, -0.15) is 0 Å². The molecule has 1 atom stereocenters. The van der Waals surface area contributed by atoms with E-state index in [1.54, 1.807) is 18.0 Å². The van der Waals surface area contributed by atoms with Gasteiger partial charge in [0.2, 0.25) is 0 Å². The second-order valence-electron chi connectivity index (χ2n) is 4.46. The third-order valence-corrected chi connectivity index (χ3v) is 1.85. The monoisotopic (exact) mass is 305 g/mol. The van der Waals surface area contributed by atoms with Crippen molar-refractivity contribution in [3.05, 3.63) is 12.7 Å². The van der Waals surface area contributed by atoms with Gasteiger partial charge in [0.25, 0.3) is 0 Å². The van der Waals surface area contributed by atoms with Crippen LogP contribution < -0.4 is 0 Å². The number of rotatable bonds is 3. The first-order valence-corrected chi connectivity index (χ1v) is 4.84. The van der Waals surface area contributed by atoms with Gasteiger partial charge in [-0.25, -0.2) is 4.79 Å². The Morgan fingerprint density at radius 1 is 1.53 bits per heavy atom. The van der Waals surface area contributed by atoms with Crippen molar-refractivity contribution < 1.29 is 30.0 Å². The molecule has 92 valence electrons. The summed E-state index contributed by atoms with van der Waals surface area (Å²) in [7, 11) is 1.74. The zero-order valence-corrected chi connectivity index (χ0v) is 11.7. The van der Waals surface area contributed by atoms with Crippen LogP contribution in [0.4, 0.5) is 4.79 Å². The average molecular weight is 306 g/mol. The van der Waals surface area contributed by atoms with Crippen molar-refractivity contribution in [1.82, 2.24) is 4.90 Å². The molecule has 0 aliphatic heterocycles. The summed E-state index contributed by atoms with van der Waals surface area (Å²) in [6, 6.07) is 0.127. The van der Waals surface area contributed by atoms with E-state index in [0.29, 0.717) is 0 Å². The van der Waals surface area contributed by atoms with Crippen LogP contribution in [0.1, 0.15) is 34.1 Å². The summed E-state index contributed by atoms with van der Waals surface area (Å²) < 4.78 is 5.22. The second kappa shape index (κ2) is 7.03. The summed E-state index contributed by atoms with van der Waals surface area (Å²) in [6.45, 7) is 11.2. The summed E-state index contributed by atoms with van der Waals surface area (Å²) in [5.74, 6) is 0.